The minimum Gasteiger partial charge on any atom is -0.351 e. The van der Waals surface area contributed by atoms with Gasteiger partial charge in [0.05, 0.1) is 5.69 Å². The lowest BCUT2D eigenvalue weighted by Crippen LogP contribution is -2.41. The van der Waals surface area contributed by atoms with Crippen LogP contribution in [0.4, 0.5) is 4.39 Å². The number of hydrogen-bond donors (Lipinski definition) is 1. The normalized spacial score (nSPS) is 12.5. The lowest BCUT2D eigenvalue weighted by Gasteiger charge is -2.19. The summed E-state index contributed by atoms with van der Waals surface area (Å²) in [5.74, 6) is -0.365. The van der Waals surface area contributed by atoms with E-state index in [0.29, 0.717) is 0 Å². The third-order valence-electron chi connectivity index (χ3n) is 4.14. The van der Waals surface area contributed by atoms with E-state index in [0.717, 1.165) is 28.8 Å². The lowest BCUT2D eigenvalue weighted by atomic mass is 10.1. The van der Waals surface area contributed by atoms with E-state index in [1.54, 1.807) is 18.3 Å². The standard InChI is InChI=1S/C20H23FN4O/c1-14(12-24(2)3)23-19(26)13-25-18(15-6-8-17(21)9-7-15)11-16-5-4-10-22-20(16)25/h4-11,14H,12-13H2,1-3H3,(H,23,26)/t14-/m0/s1. The molecule has 0 bridgehead atoms. The molecule has 0 aliphatic carbocycles. The molecule has 0 fully saturated rings. The van der Waals surface area contributed by atoms with E-state index < -0.39 is 0 Å². The zero-order chi connectivity index (χ0) is 18.7. The Kier molecular flexibility index (Phi) is 5.32. The molecule has 1 amide bonds. The molecule has 26 heavy (non-hydrogen) atoms. The highest BCUT2D eigenvalue weighted by Gasteiger charge is 2.16. The Morgan fingerprint density at radius 3 is 2.69 bits per heavy atom. The van der Waals surface area contributed by atoms with E-state index in [4.69, 9.17) is 0 Å². The summed E-state index contributed by atoms with van der Waals surface area (Å²) in [7, 11) is 3.94. The van der Waals surface area contributed by atoms with Crippen LogP contribution in [0, 0.1) is 5.82 Å². The first-order chi connectivity index (χ1) is 12.4. The molecule has 1 aromatic carbocycles. The average Bonchev–Trinajstić information content (AvgIpc) is 2.93. The molecule has 3 aromatic rings. The Morgan fingerprint density at radius 2 is 2.00 bits per heavy atom. The van der Waals surface area contributed by atoms with Crippen LogP contribution in [0.25, 0.3) is 22.3 Å². The molecule has 2 aromatic heterocycles. The highest BCUT2D eigenvalue weighted by molar-refractivity contribution is 5.87. The maximum absolute atomic E-state index is 13.3. The van der Waals surface area contributed by atoms with Crippen molar-refractivity contribution in [1.82, 2.24) is 19.8 Å². The summed E-state index contributed by atoms with van der Waals surface area (Å²) in [5.41, 5.74) is 2.43. The van der Waals surface area contributed by atoms with Gasteiger partial charge in [-0.3, -0.25) is 4.79 Å². The number of rotatable bonds is 6. The van der Waals surface area contributed by atoms with Crippen LogP contribution < -0.4 is 5.32 Å². The summed E-state index contributed by atoms with van der Waals surface area (Å²) in [6.07, 6.45) is 1.71. The van der Waals surface area contributed by atoms with Crippen molar-refractivity contribution in [3.05, 3.63) is 54.5 Å². The Labute approximate surface area is 152 Å². The maximum atomic E-state index is 13.3. The first-order valence-electron chi connectivity index (χ1n) is 8.58. The lowest BCUT2D eigenvalue weighted by molar-refractivity contribution is -0.122. The van der Waals surface area contributed by atoms with Gasteiger partial charge in [0.2, 0.25) is 5.91 Å². The molecule has 2 heterocycles. The number of benzene rings is 1. The minimum atomic E-state index is -0.287. The fourth-order valence-corrected chi connectivity index (χ4v) is 3.16. The number of carbonyl (C=O) groups excluding carboxylic acids is 1. The average molecular weight is 354 g/mol. The van der Waals surface area contributed by atoms with Crippen molar-refractivity contribution in [1.29, 1.82) is 0 Å². The largest absolute Gasteiger partial charge is 0.351 e. The fourth-order valence-electron chi connectivity index (χ4n) is 3.16. The summed E-state index contributed by atoms with van der Waals surface area (Å²) in [4.78, 5) is 19.0. The van der Waals surface area contributed by atoms with Gasteiger partial charge in [-0.1, -0.05) is 0 Å². The molecule has 0 unspecified atom stereocenters. The van der Waals surface area contributed by atoms with Crippen LogP contribution in [0.2, 0.25) is 0 Å². The number of aromatic nitrogens is 2. The van der Waals surface area contributed by atoms with Gasteiger partial charge in [-0.05, 0) is 69.0 Å². The third-order valence-corrected chi connectivity index (χ3v) is 4.14. The Bertz CT molecular complexity index is 902. The smallest absolute Gasteiger partial charge is 0.240 e. The Hall–Kier alpha value is -2.73. The number of pyridine rings is 1. The van der Waals surface area contributed by atoms with Crippen LogP contribution in [0.5, 0.6) is 0 Å². The molecule has 5 nitrogen and oxygen atoms in total. The SMILES string of the molecule is C[C@@H](CN(C)C)NC(=O)Cn1c(-c2ccc(F)cc2)cc2cccnc21. The second-order valence-corrected chi connectivity index (χ2v) is 6.77. The number of likely N-dealkylation sites (N-methyl/N-ethyl adjacent to an activating group) is 1. The first-order valence-corrected chi connectivity index (χ1v) is 8.58. The van der Waals surface area contributed by atoms with Crippen molar-refractivity contribution >= 4 is 16.9 Å². The topological polar surface area (TPSA) is 50.2 Å². The van der Waals surface area contributed by atoms with Crippen LogP contribution in [0.3, 0.4) is 0 Å². The van der Waals surface area contributed by atoms with Crippen molar-refractivity contribution in [2.75, 3.05) is 20.6 Å². The molecule has 3 rings (SSSR count). The molecule has 0 aliphatic rings. The van der Waals surface area contributed by atoms with E-state index in [2.05, 4.69) is 10.3 Å². The molecule has 0 saturated heterocycles. The first kappa shape index (κ1) is 18.1. The van der Waals surface area contributed by atoms with Gasteiger partial charge in [0.1, 0.15) is 18.0 Å². The second-order valence-electron chi connectivity index (χ2n) is 6.77. The molecular weight excluding hydrogens is 331 g/mol. The molecule has 0 saturated carbocycles. The van der Waals surface area contributed by atoms with Crippen LogP contribution in [-0.2, 0) is 11.3 Å². The van der Waals surface area contributed by atoms with E-state index >= 15 is 0 Å². The van der Waals surface area contributed by atoms with Gasteiger partial charge in [0.15, 0.2) is 0 Å². The molecule has 0 radical (unpaired) electrons. The summed E-state index contributed by atoms with van der Waals surface area (Å²) < 4.78 is 15.2. The number of amides is 1. The number of nitrogens with zero attached hydrogens (tertiary/aromatic N) is 3. The number of nitrogens with one attached hydrogen (secondary N) is 1. The van der Waals surface area contributed by atoms with Crippen molar-refractivity contribution < 1.29 is 9.18 Å². The van der Waals surface area contributed by atoms with Gasteiger partial charge in [-0.25, -0.2) is 9.37 Å². The summed E-state index contributed by atoms with van der Waals surface area (Å²) in [6.45, 7) is 2.90. The van der Waals surface area contributed by atoms with Crippen LogP contribution >= 0.6 is 0 Å². The van der Waals surface area contributed by atoms with Crippen molar-refractivity contribution in [3.63, 3.8) is 0 Å². The summed E-state index contributed by atoms with van der Waals surface area (Å²) >= 11 is 0. The quantitative estimate of drug-likeness (QED) is 0.740. The van der Waals surface area contributed by atoms with E-state index in [-0.39, 0.29) is 24.3 Å². The number of carbonyl (C=O) groups is 1. The van der Waals surface area contributed by atoms with Crippen LogP contribution in [-0.4, -0.2) is 47.0 Å². The van der Waals surface area contributed by atoms with Crippen LogP contribution in [0.15, 0.2) is 48.7 Å². The predicted octanol–water partition coefficient (Wildman–Crippen LogP) is 2.91. The van der Waals surface area contributed by atoms with Gasteiger partial charge in [-0.2, -0.15) is 0 Å². The second kappa shape index (κ2) is 7.66. The number of fused-ring (bicyclic) bond motifs is 1. The van der Waals surface area contributed by atoms with Gasteiger partial charge in [0, 0.05) is 24.2 Å². The molecule has 6 heteroatoms. The van der Waals surface area contributed by atoms with Crippen molar-refractivity contribution in [2.24, 2.45) is 0 Å². The van der Waals surface area contributed by atoms with E-state index in [1.165, 1.54) is 12.1 Å². The maximum Gasteiger partial charge on any atom is 0.240 e. The zero-order valence-corrected chi connectivity index (χ0v) is 15.2. The van der Waals surface area contributed by atoms with Crippen molar-refractivity contribution in [2.45, 2.75) is 19.5 Å². The van der Waals surface area contributed by atoms with Crippen molar-refractivity contribution in [3.8, 4) is 11.3 Å². The summed E-state index contributed by atoms with van der Waals surface area (Å²) in [6, 6.07) is 12.1. The molecule has 0 spiro atoms. The minimum absolute atomic E-state index is 0.0431. The third kappa shape index (κ3) is 4.08. The summed E-state index contributed by atoms with van der Waals surface area (Å²) in [5, 5.41) is 3.96. The molecular formula is C20H23FN4O. The van der Waals surface area contributed by atoms with Gasteiger partial charge in [0.25, 0.3) is 0 Å². The van der Waals surface area contributed by atoms with E-state index in [9.17, 15) is 9.18 Å². The Morgan fingerprint density at radius 1 is 1.27 bits per heavy atom. The number of hydrogen-bond acceptors (Lipinski definition) is 3. The molecule has 0 aliphatic heterocycles. The number of halogens is 1. The van der Waals surface area contributed by atoms with Gasteiger partial charge < -0.3 is 14.8 Å². The molecule has 1 atom stereocenters. The fraction of sp³-hybridized carbons (Fsp3) is 0.300. The highest BCUT2D eigenvalue weighted by atomic mass is 19.1. The van der Waals surface area contributed by atoms with E-state index in [1.807, 2.05) is 48.7 Å². The van der Waals surface area contributed by atoms with Gasteiger partial charge in [-0.15, -0.1) is 0 Å². The monoisotopic (exact) mass is 354 g/mol. The highest BCUT2D eigenvalue weighted by Crippen LogP contribution is 2.27. The van der Waals surface area contributed by atoms with Crippen LogP contribution in [0.1, 0.15) is 6.92 Å². The zero-order valence-electron chi connectivity index (χ0n) is 15.2. The predicted molar refractivity (Wildman–Crippen MR) is 101 cm³/mol. The van der Waals surface area contributed by atoms with Gasteiger partial charge >= 0.3 is 0 Å². The Balaban J connectivity index is 1.92. The molecule has 1 N–H and O–H groups in total. The molecule has 136 valence electrons.